The molecule has 1 N–H and O–H groups in total. The fraction of sp³-hybridized carbons (Fsp3) is 0.435. The number of methoxy groups -OCH3 is 1. The third-order valence-electron chi connectivity index (χ3n) is 6.27. The molecule has 0 radical (unpaired) electrons. The van der Waals surface area contributed by atoms with Crippen LogP contribution in [0, 0.1) is 5.92 Å². The Morgan fingerprint density at radius 2 is 1.90 bits per heavy atom. The van der Waals surface area contributed by atoms with Crippen LogP contribution in [0.15, 0.2) is 24.4 Å². The molecule has 1 aliphatic heterocycles. The first-order valence-electron chi connectivity index (χ1n) is 10.8. The summed E-state index contributed by atoms with van der Waals surface area (Å²) >= 11 is 0. The highest BCUT2D eigenvalue weighted by molar-refractivity contribution is 6.00. The molecule has 8 heteroatoms. The lowest BCUT2D eigenvalue weighted by Gasteiger charge is -2.15. The zero-order valence-corrected chi connectivity index (χ0v) is 18.1. The Hall–Kier alpha value is -3.29. The SMILES string of the molecule is COc1c(C(=O)N2CCCC2)cn(C)c1-c1nc2cc(NC(=O)C3CC3)ccc2n1C. The number of imidazole rings is 1. The molecule has 2 aromatic heterocycles. The monoisotopic (exact) mass is 421 g/mol. The predicted octanol–water partition coefficient (Wildman–Crippen LogP) is 3.17. The third-order valence-corrected chi connectivity index (χ3v) is 6.27. The van der Waals surface area contributed by atoms with Gasteiger partial charge in [0, 0.05) is 45.0 Å². The quantitative estimate of drug-likeness (QED) is 0.686. The van der Waals surface area contributed by atoms with E-state index in [1.165, 1.54) is 0 Å². The number of carbonyl (C=O) groups excluding carboxylic acids is 2. The van der Waals surface area contributed by atoms with E-state index in [1.807, 2.05) is 52.5 Å². The molecular weight excluding hydrogens is 394 g/mol. The number of nitrogens with zero attached hydrogens (tertiary/aromatic N) is 4. The average molecular weight is 422 g/mol. The van der Waals surface area contributed by atoms with Crippen LogP contribution in [0.5, 0.6) is 5.75 Å². The van der Waals surface area contributed by atoms with E-state index < -0.39 is 0 Å². The molecule has 1 saturated heterocycles. The Balaban J connectivity index is 1.54. The van der Waals surface area contributed by atoms with Gasteiger partial charge in [0.05, 0.1) is 18.1 Å². The summed E-state index contributed by atoms with van der Waals surface area (Å²) in [6.45, 7) is 1.57. The number of hydrogen-bond acceptors (Lipinski definition) is 4. The molecular formula is C23H27N5O3. The fourth-order valence-corrected chi connectivity index (χ4v) is 4.39. The number of anilines is 1. The molecule has 0 unspecified atom stereocenters. The van der Waals surface area contributed by atoms with Crippen LogP contribution >= 0.6 is 0 Å². The van der Waals surface area contributed by atoms with Gasteiger partial charge in [0.2, 0.25) is 5.91 Å². The van der Waals surface area contributed by atoms with Gasteiger partial charge in [0.1, 0.15) is 11.3 Å². The van der Waals surface area contributed by atoms with Crippen molar-refractivity contribution in [2.75, 3.05) is 25.5 Å². The van der Waals surface area contributed by atoms with Crippen LogP contribution in [0.2, 0.25) is 0 Å². The summed E-state index contributed by atoms with van der Waals surface area (Å²) in [5, 5.41) is 2.98. The minimum atomic E-state index is 0.0000359. The number of amides is 2. The van der Waals surface area contributed by atoms with E-state index in [0.717, 1.165) is 61.2 Å². The van der Waals surface area contributed by atoms with E-state index in [0.29, 0.717) is 17.1 Å². The number of carbonyl (C=O) groups is 2. The molecule has 0 bridgehead atoms. The van der Waals surface area contributed by atoms with Crippen LogP contribution in [0.1, 0.15) is 36.0 Å². The second-order valence-electron chi connectivity index (χ2n) is 8.50. The molecule has 3 aromatic rings. The van der Waals surface area contributed by atoms with Crippen molar-refractivity contribution in [3.05, 3.63) is 30.0 Å². The molecule has 8 nitrogen and oxygen atoms in total. The van der Waals surface area contributed by atoms with E-state index in [9.17, 15) is 9.59 Å². The summed E-state index contributed by atoms with van der Waals surface area (Å²) < 4.78 is 9.61. The second kappa shape index (κ2) is 7.44. The summed E-state index contributed by atoms with van der Waals surface area (Å²) in [4.78, 5) is 31.9. The van der Waals surface area contributed by atoms with Crippen molar-refractivity contribution in [2.45, 2.75) is 25.7 Å². The number of aryl methyl sites for hydroxylation is 2. The van der Waals surface area contributed by atoms with Crippen LogP contribution in [0.25, 0.3) is 22.6 Å². The van der Waals surface area contributed by atoms with Crippen LogP contribution in [0.4, 0.5) is 5.69 Å². The number of rotatable bonds is 5. The lowest BCUT2D eigenvalue weighted by Crippen LogP contribution is -2.27. The number of nitrogens with one attached hydrogen (secondary N) is 1. The maximum atomic E-state index is 13.1. The van der Waals surface area contributed by atoms with E-state index in [4.69, 9.17) is 9.72 Å². The predicted molar refractivity (Wildman–Crippen MR) is 118 cm³/mol. The van der Waals surface area contributed by atoms with Crippen molar-refractivity contribution in [1.29, 1.82) is 0 Å². The smallest absolute Gasteiger partial charge is 0.259 e. The van der Waals surface area contributed by atoms with E-state index in [-0.39, 0.29) is 17.7 Å². The van der Waals surface area contributed by atoms with E-state index >= 15 is 0 Å². The highest BCUT2D eigenvalue weighted by Crippen LogP contribution is 2.37. The summed E-state index contributed by atoms with van der Waals surface area (Å²) in [5.74, 6) is 1.47. The number of aromatic nitrogens is 3. The van der Waals surface area contributed by atoms with Crippen LogP contribution in [-0.4, -0.2) is 51.0 Å². The molecule has 0 atom stereocenters. The Morgan fingerprint density at radius 3 is 2.58 bits per heavy atom. The van der Waals surface area contributed by atoms with Gasteiger partial charge in [0.25, 0.3) is 5.91 Å². The summed E-state index contributed by atoms with van der Waals surface area (Å²) in [6, 6.07) is 5.75. The number of benzene rings is 1. The highest BCUT2D eigenvalue weighted by atomic mass is 16.5. The molecule has 2 fully saturated rings. The summed E-state index contributed by atoms with van der Waals surface area (Å²) in [6.07, 6.45) is 5.84. The zero-order chi connectivity index (χ0) is 21.7. The lowest BCUT2D eigenvalue weighted by atomic mass is 10.2. The largest absolute Gasteiger partial charge is 0.494 e. The van der Waals surface area contributed by atoms with Crippen molar-refractivity contribution in [1.82, 2.24) is 19.0 Å². The Bertz CT molecular complexity index is 1180. The summed E-state index contributed by atoms with van der Waals surface area (Å²) in [5.41, 5.74) is 3.79. The van der Waals surface area contributed by atoms with Crippen molar-refractivity contribution in [3.8, 4) is 17.3 Å². The topological polar surface area (TPSA) is 81.4 Å². The van der Waals surface area contributed by atoms with Crippen LogP contribution in [-0.2, 0) is 18.9 Å². The second-order valence-corrected chi connectivity index (χ2v) is 8.50. The van der Waals surface area contributed by atoms with Gasteiger partial charge in [-0.05, 0) is 43.9 Å². The molecule has 31 heavy (non-hydrogen) atoms. The number of hydrogen-bond donors (Lipinski definition) is 1. The van der Waals surface area contributed by atoms with Crippen LogP contribution < -0.4 is 10.1 Å². The van der Waals surface area contributed by atoms with Crippen molar-refractivity contribution >= 4 is 28.5 Å². The van der Waals surface area contributed by atoms with Crippen molar-refractivity contribution in [2.24, 2.45) is 20.0 Å². The summed E-state index contributed by atoms with van der Waals surface area (Å²) in [7, 11) is 5.44. The maximum absolute atomic E-state index is 13.1. The maximum Gasteiger partial charge on any atom is 0.259 e. The molecule has 1 aromatic carbocycles. The van der Waals surface area contributed by atoms with Crippen LogP contribution in [0.3, 0.4) is 0 Å². The number of fused-ring (bicyclic) bond motifs is 1. The minimum Gasteiger partial charge on any atom is -0.494 e. The normalized spacial score (nSPS) is 16.2. The molecule has 1 saturated carbocycles. The number of likely N-dealkylation sites (tertiary alicyclic amines) is 1. The minimum absolute atomic E-state index is 0.0000359. The van der Waals surface area contributed by atoms with Gasteiger partial charge >= 0.3 is 0 Å². The van der Waals surface area contributed by atoms with Gasteiger partial charge in [-0.25, -0.2) is 4.98 Å². The van der Waals surface area contributed by atoms with Gasteiger partial charge in [-0.3, -0.25) is 9.59 Å². The lowest BCUT2D eigenvalue weighted by molar-refractivity contribution is -0.117. The standard InChI is InChI=1S/C23H27N5O3/c1-26-13-16(23(30)28-10-4-5-11-28)20(31-3)19(26)21-25-17-12-15(8-9-18(17)27(21)2)24-22(29)14-6-7-14/h8-9,12-14H,4-7,10-11H2,1-3H3,(H,24,29). The molecule has 0 spiro atoms. The van der Waals surface area contributed by atoms with E-state index in [2.05, 4.69) is 5.32 Å². The molecule has 162 valence electrons. The van der Waals surface area contributed by atoms with Crippen molar-refractivity contribution in [3.63, 3.8) is 0 Å². The first kappa shape index (κ1) is 19.7. The molecule has 3 heterocycles. The Morgan fingerprint density at radius 1 is 1.16 bits per heavy atom. The molecule has 5 rings (SSSR count). The van der Waals surface area contributed by atoms with Crippen molar-refractivity contribution < 1.29 is 14.3 Å². The first-order chi connectivity index (χ1) is 15.0. The fourth-order valence-electron chi connectivity index (χ4n) is 4.39. The Kier molecular flexibility index (Phi) is 4.72. The number of ether oxygens (including phenoxy) is 1. The average Bonchev–Trinajstić information content (AvgIpc) is 3.23. The molecule has 2 amide bonds. The van der Waals surface area contributed by atoms with Gasteiger partial charge < -0.3 is 24.1 Å². The molecule has 2 aliphatic rings. The third kappa shape index (κ3) is 3.36. The van der Waals surface area contributed by atoms with Gasteiger partial charge in [-0.15, -0.1) is 0 Å². The molecule has 1 aliphatic carbocycles. The first-order valence-corrected chi connectivity index (χ1v) is 10.8. The van der Waals surface area contributed by atoms with Gasteiger partial charge in [-0.1, -0.05) is 0 Å². The zero-order valence-electron chi connectivity index (χ0n) is 18.1. The Labute approximate surface area is 180 Å². The van der Waals surface area contributed by atoms with Gasteiger partial charge in [-0.2, -0.15) is 0 Å². The van der Waals surface area contributed by atoms with Gasteiger partial charge in [0.15, 0.2) is 11.6 Å². The van der Waals surface area contributed by atoms with E-state index in [1.54, 1.807) is 7.11 Å². The highest BCUT2D eigenvalue weighted by Gasteiger charge is 2.30.